The summed E-state index contributed by atoms with van der Waals surface area (Å²) in [5.41, 5.74) is 0.918. The van der Waals surface area contributed by atoms with Gasteiger partial charge in [0.2, 0.25) is 0 Å². The molecule has 0 atom stereocenters. The zero-order valence-corrected chi connectivity index (χ0v) is 18.0. The molecule has 0 aliphatic rings. The van der Waals surface area contributed by atoms with Crippen molar-refractivity contribution >= 4 is 46.4 Å². The molecule has 3 aromatic carbocycles. The highest BCUT2D eigenvalue weighted by Crippen LogP contribution is 2.37. The molecule has 0 aliphatic carbocycles. The van der Waals surface area contributed by atoms with Gasteiger partial charge in [-0.3, -0.25) is 9.59 Å². The number of carbonyl (C=O) groups excluding carboxylic acids is 2. The van der Waals surface area contributed by atoms with E-state index in [0.29, 0.717) is 11.3 Å². The first-order valence-electron chi connectivity index (χ1n) is 8.92. The van der Waals surface area contributed by atoms with E-state index in [0.717, 1.165) is 12.1 Å². The number of rotatable bonds is 6. The zero-order valence-electron chi connectivity index (χ0n) is 16.5. The largest absolute Gasteiger partial charge is 0.494 e. The lowest BCUT2D eigenvalue weighted by atomic mass is 10.1. The van der Waals surface area contributed by atoms with Gasteiger partial charge < -0.3 is 20.1 Å². The first kappa shape index (κ1) is 22.4. The molecule has 0 saturated carbocycles. The summed E-state index contributed by atoms with van der Waals surface area (Å²) in [5, 5.41) is 5.14. The Labute approximate surface area is 187 Å². The number of benzene rings is 3. The van der Waals surface area contributed by atoms with Crippen LogP contribution in [-0.4, -0.2) is 26.0 Å². The molecule has 3 rings (SSSR count). The minimum atomic E-state index is -0.778. The van der Waals surface area contributed by atoms with Crippen LogP contribution in [0, 0.1) is 5.82 Å². The van der Waals surface area contributed by atoms with E-state index in [1.807, 2.05) is 0 Å². The molecule has 0 bridgehead atoms. The van der Waals surface area contributed by atoms with Gasteiger partial charge >= 0.3 is 0 Å². The number of hydrogen-bond acceptors (Lipinski definition) is 4. The number of ether oxygens (including phenoxy) is 2. The van der Waals surface area contributed by atoms with Gasteiger partial charge in [-0.05, 0) is 24.3 Å². The van der Waals surface area contributed by atoms with Crippen molar-refractivity contribution in [3.05, 3.63) is 81.6 Å². The fraction of sp³-hybridized carbons (Fsp3) is 0.0909. The molecule has 3 aromatic rings. The van der Waals surface area contributed by atoms with Crippen LogP contribution in [0.3, 0.4) is 0 Å². The van der Waals surface area contributed by atoms with E-state index >= 15 is 0 Å². The number of anilines is 2. The second kappa shape index (κ2) is 9.68. The van der Waals surface area contributed by atoms with Crippen molar-refractivity contribution in [1.82, 2.24) is 0 Å². The molecule has 160 valence electrons. The summed E-state index contributed by atoms with van der Waals surface area (Å²) in [6.07, 6.45) is 0. The highest BCUT2D eigenvalue weighted by Gasteiger charge is 2.19. The summed E-state index contributed by atoms with van der Waals surface area (Å²) >= 11 is 11.7. The van der Waals surface area contributed by atoms with E-state index in [-0.39, 0.29) is 38.7 Å². The normalized spacial score (nSPS) is 10.4. The van der Waals surface area contributed by atoms with Gasteiger partial charge in [0.15, 0.2) is 0 Å². The number of halogens is 3. The van der Waals surface area contributed by atoms with Crippen LogP contribution in [0.1, 0.15) is 20.7 Å². The third-order valence-corrected chi connectivity index (χ3v) is 4.91. The maximum absolute atomic E-state index is 13.8. The van der Waals surface area contributed by atoms with E-state index in [2.05, 4.69) is 10.6 Å². The van der Waals surface area contributed by atoms with E-state index in [9.17, 15) is 14.0 Å². The van der Waals surface area contributed by atoms with Gasteiger partial charge in [0, 0.05) is 17.7 Å². The molecular formula is C22H17Cl2FN2O4. The monoisotopic (exact) mass is 462 g/mol. The van der Waals surface area contributed by atoms with E-state index in [1.54, 1.807) is 30.3 Å². The smallest absolute Gasteiger partial charge is 0.257 e. The van der Waals surface area contributed by atoms with Gasteiger partial charge in [0.1, 0.15) is 17.3 Å². The lowest BCUT2D eigenvalue weighted by Crippen LogP contribution is -2.15. The van der Waals surface area contributed by atoms with Crippen molar-refractivity contribution in [2.75, 3.05) is 24.9 Å². The first-order valence-corrected chi connectivity index (χ1v) is 9.68. The van der Waals surface area contributed by atoms with Gasteiger partial charge in [0.05, 0.1) is 41.2 Å². The molecule has 0 aliphatic heterocycles. The maximum atomic E-state index is 13.8. The van der Waals surface area contributed by atoms with Crippen molar-refractivity contribution in [2.24, 2.45) is 0 Å². The Morgan fingerprint density at radius 3 is 1.90 bits per heavy atom. The Hall–Kier alpha value is -3.29. The molecular weight excluding hydrogens is 446 g/mol. The van der Waals surface area contributed by atoms with Crippen LogP contribution in [0.5, 0.6) is 11.5 Å². The topological polar surface area (TPSA) is 76.7 Å². The standard InChI is InChI=1S/C22H17Cl2FN2O4/c1-30-19-11-18(27-22(29)13-8-16(25)15(24)9-14(13)23)20(31-2)10-17(19)26-21(28)12-6-4-3-5-7-12/h3-11H,1-2H3,(H,26,28)(H,27,29). The molecule has 2 N–H and O–H groups in total. The Morgan fingerprint density at radius 2 is 1.35 bits per heavy atom. The third kappa shape index (κ3) is 5.07. The Morgan fingerprint density at radius 1 is 0.806 bits per heavy atom. The predicted octanol–water partition coefficient (Wildman–Crippen LogP) is 5.65. The van der Waals surface area contributed by atoms with E-state index in [4.69, 9.17) is 32.7 Å². The Kier molecular flexibility index (Phi) is 6.99. The van der Waals surface area contributed by atoms with Gasteiger partial charge in [-0.1, -0.05) is 41.4 Å². The summed E-state index contributed by atoms with van der Waals surface area (Å²) in [5.74, 6) is -1.29. The first-order chi connectivity index (χ1) is 14.8. The highest BCUT2D eigenvalue weighted by molar-refractivity contribution is 6.37. The van der Waals surface area contributed by atoms with Crippen molar-refractivity contribution < 1.29 is 23.5 Å². The Balaban J connectivity index is 1.91. The molecule has 0 radical (unpaired) electrons. The summed E-state index contributed by atoms with van der Waals surface area (Å²) in [6, 6.07) is 13.7. The van der Waals surface area contributed by atoms with Gasteiger partial charge in [0.25, 0.3) is 11.8 Å². The molecule has 0 fully saturated rings. The van der Waals surface area contributed by atoms with E-state index in [1.165, 1.54) is 26.4 Å². The number of carbonyl (C=O) groups is 2. The summed E-state index contributed by atoms with van der Waals surface area (Å²) < 4.78 is 24.5. The molecule has 0 heterocycles. The fourth-order valence-corrected chi connectivity index (χ4v) is 3.23. The van der Waals surface area contributed by atoms with Crippen LogP contribution >= 0.6 is 23.2 Å². The van der Waals surface area contributed by atoms with Crippen LogP contribution in [0.15, 0.2) is 54.6 Å². The maximum Gasteiger partial charge on any atom is 0.257 e. The fourth-order valence-electron chi connectivity index (χ4n) is 2.76. The van der Waals surface area contributed by atoms with Crippen molar-refractivity contribution in [3.63, 3.8) is 0 Å². The van der Waals surface area contributed by atoms with Gasteiger partial charge in [-0.2, -0.15) is 0 Å². The number of amides is 2. The van der Waals surface area contributed by atoms with Gasteiger partial charge in [-0.25, -0.2) is 4.39 Å². The van der Waals surface area contributed by atoms with Crippen molar-refractivity contribution in [1.29, 1.82) is 0 Å². The lowest BCUT2D eigenvalue weighted by molar-refractivity contribution is 0.101. The molecule has 31 heavy (non-hydrogen) atoms. The minimum Gasteiger partial charge on any atom is -0.494 e. The predicted molar refractivity (Wildman–Crippen MR) is 118 cm³/mol. The van der Waals surface area contributed by atoms with Crippen molar-refractivity contribution in [3.8, 4) is 11.5 Å². The SMILES string of the molecule is COc1cc(NC(=O)c2cc(F)c(Cl)cc2Cl)c(OC)cc1NC(=O)c1ccccc1. The van der Waals surface area contributed by atoms with Crippen molar-refractivity contribution in [2.45, 2.75) is 0 Å². The molecule has 0 saturated heterocycles. The van der Waals surface area contributed by atoms with Gasteiger partial charge in [-0.15, -0.1) is 0 Å². The Bertz CT molecular complexity index is 1140. The average Bonchev–Trinajstić information content (AvgIpc) is 2.77. The van der Waals surface area contributed by atoms with Crippen LogP contribution in [0.2, 0.25) is 10.0 Å². The molecule has 2 amide bonds. The van der Waals surface area contributed by atoms with E-state index < -0.39 is 11.7 Å². The summed E-state index contributed by atoms with van der Waals surface area (Å²) in [4.78, 5) is 25.1. The minimum absolute atomic E-state index is 0.0124. The molecule has 0 aromatic heterocycles. The zero-order chi connectivity index (χ0) is 22.5. The second-order valence-corrected chi connectivity index (χ2v) is 7.09. The molecule has 0 spiro atoms. The quantitative estimate of drug-likeness (QED) is 0.463. The summed E-state index contributed by atoms with van der Waals surface area (Å²) in [6.45, 7) is 0. The third-order valence-electron chi connectivity index (χ3n) is 4.31. The number of hydrogen-bond donors (Lipinski definition) is 2. The lowest BCUT2D eigenvalue weighted by Gasteiger charge is -2.16. The number of methoxy groups -OCH3 is 2. The summed E-state index contributed by atoms with van der Waals surface area (Å²) in [7, 11) is 2.81. The molecule has 6 nitrogen and oxygen atoms in total. The second-order valence-electron chi connectivity index (χ2n) is 6.27. The molecule has 0 unspecified atom stereocenters. The molecule has 9 heteroatoms. The van der Waals surface area contributed by atoms with Crippen LogP contribution in [0.4, 0.5) is 15.8 Å². The van der Waals surface area contributed by atoms with Crippen LogP contribution in [-0.2, 0) is 0 Å². The average molecular weight is 463 g/mol. The highest BCUT2D eigenvalue weighted by atomic mass is 35.5. The van der Waals surface area contributed by atoms with Crippen LogP contribution in [0.25, 0.3) is 0 Å². The number of nitrogens with one attached hydrogen (secondary N) is 2. The van der Waals surface area contributed by atoms with Crippen LogP contribution < -0.4 is 20.1 Å².